The molecular formula is C15H19F2NO2. The molecule has 0 aliphatic carbocycles. The standard InChI is InChI=1S/C15H19F2NO2/c1-15(2,3)18-7-10(11(8-18)14(19)20)9-4-5-12(16)13(17)6-9/h4-6,10-11H,7-8H2,1-3H3,(H,19,20)/t10-,11+/m1/s1. The van der Waals surface area contributed by atoms with E-state index in [2.05, 4.69) is 4.90 Å². The van der Waals surface area contributed by atoms with E-state index in [0.29, 0.717) is 18.7 Å². The van der Waals surface area contributed by atoms with E-state index in [1.807, 2.05) is 20.8 Å². The van der Waals surface area contributed by atoms with Gasteiger partial charge in [-0.25, -0.2) is 8.78 Å². The maximum atomic E-state index is 13.4. The van der Waals surface area contributed by atoms with Crippen molar-refractivity contribution in [2.24, 2.45) is 5.92 Å². The number of halogens is 2. The van der Waals surface area contributed by atoms with Crippen molar-refractivity contribution < 1.29 is 18.7 Å². The predicted octanol–water partition coefficient (Wildman–Crippen LogP) is 2.86. The molecule has 1 aliphatic heterocycles. The third kappa shape index (κ3) is 2.82. The van der Waals surface area contributed by atoms with E-state index < -0.39 is 23.5 Å². The highest BCUT2D eigenvalue weighted by molar-refractivity contribution is 5.72. The summed E-state index contributed by atoms with van der Waals surface area (Å²) < 4.78 is 26.4. The number of hydrogen-bond donors (Lipinski definition) is 1. The maximum absolute atomic E-state index is 13.4. The quantitative estimate of drug-likeness (QED) is 0.907. The van der Waals surface area contributed by atoms with Gasteiger partial charge in [0.2, 0.25) is 0 Å². The molecule has 0 spiro atoms. The van der Waals surface area contributed by atoms with Crippen molar-refractivity contribution in [3.63, 3.8) is 0 Å². The summed E-state index contributed by atoms with van der Waals surface area (Å²) in [6.07, 6.45) is 0. The number of nitrogens with zero attached hydrogens (tertiary/aromatic N) is 1. The van der Waals surface area contributed by atoms with Crippen molar-refractivity contribution in [2.75, 3.05) is 13.1 Å². The van der Waals surface area contributed by atoms with Gasteiger partial charge in [-0.15, -0.1) is 0 Å². The molecule has 1 aliphatic rings. The summed E-state index contributed by atoms with van der Waals surface area (Å²) in [6.45, 7) is 6.99. The largest absolute Gasteiger partial charge is 0.481 e. The first-order valence-electron chi connectivity index (χ1n) is 6.63. The minimum absolute atomic E-state index is 0.152. The highest BCUT2D eigenvalue weighted by atomic mass is 19.2. The van der Waals surface area contributed by atoms with E-state index in [4.69, 9.17) is 0 Å². The van der Waals surface area contributed by atoms with E-state index in [1.165, 1.54) is 6.07 Å². The van der Waals surface area contributed by atoms with Gasteiger partial charge in [-0.05, 0) is 38.5 Å². The molecule has 0 bridgehead atoms. The van der Waals surface area contributed by atoms with Gasteiger partial charge >= 0.3 is 5.97 Å². The monoisotopic (exact) mass is 283 g/mol. The lowest BCUT2D eigenvalue weighted by molar-refractivity contribution is -0.141. The molecular weight excluding hydrogens is 264 g/mol. The number of likely N-dealkylation sites (tertiary alicyclic amines) is 1. The van der Waals surface area contributed by atoms with Crippen molar-refractivity contribution in [3.05, 3.63) is 35.4 Å². The van der Waals surface area contributed by atoms with Crippen molar-refractivity contribution >= 4 is 5.97 Å². The highest BCUT2D eigenvalue weighted by Crippen LogP contribution is 2.36. The van der Waals surface area contributed by atoms with Crippen LogP contribution in [-0.4, -0.2) is 34.6 Å². The van der Waals surface area contributed by atoms with Gasteiger partial charge in [-0.1, -0.05) is 6.07 Å². The molecule has 1 aromatic carbocycles. The number of hydrogen-bond acceptors (Lipinski definition) is 2. The van der Waals surface area contributed by atoms with Crippen LogP contribution in [0.5, 0.6) is 0 Å². The molecule has 0 amide bonds. The van der Waals surface area contributed by atoms with Gasteiger partial charge in [0.05, 0.1) is 5.92 Å². The molecule has 2 atom stereocenters. The minimum atomic E-state index is -0.930. The highest BCUT2D eigenvalue weighted by Gasteiger charge is 2.42. The fourth-order valence-electron chi connectivity index (χ4n) is 2.68. The number of aliphatic carboxylic acids is 1. The molecule has 0 aromatic heterocycles. The number of carbonyl (C=O) groups is 1. The van der Waals surface area contributed by atoms with Crippen molar-refractivity contribution in [3.8, 4) is 0 Å². The Labute approximate surface area is 117 Å². The normalized spacial score (nSPS) is 24.1. The Hall–Kier alpha value is -1.49. The second-order valence-electron chi connectivity index (χ2n) is 6.30. The van der Waals surface area contributed by atoms with Crippen molar-refractivity contribution in [2.45, 2.75) is 32.2 Å². The van der Waals surface area contributed by atoms with Crippen LogP contribution in [0.3, 0.4) is 0 Å². The predicted molar refractivity (Wildman–Crippen MR) is 71.6 cm³/mol. The molecule has 2 rings (SSSR count). The van der Waals surface area contributed by atoms with Crippen LogP contribution in [-0.2, 0) is 4.79 Å². The van der Waals surface area contributed by atoms with Crippen LogP contribution < -0.4 is 0 Å². The fourth-order valence-corrected chi connectivity index (χ4v) is 2.68. The van der Waals surface area contributed by atoms with Crippen LogP contribution >= 0.6 is 0 Å². The van der Waals surface area contributed by atoms with Gasteiger partial charge < -0.3 is 5.11 Å². The molecule has 3 nitrogen and oxygen atoms in total. The summed E-state index contributed by atoms with van der Waals surface area (Å²) in [5.74, 6) is -3.65. The Kier molecular flexibility index (Phi) is 3.82. The van der Waals surface area contributed by atoms with E-state index in [-0.39, 0.29) is 11.5 Å². The van der Waals surface area contributed by atoms with Gasteiger partial charge in [-0.2, -0.15) is 0 Å². The molecule has 0 radical (unpaired) electrons. The third-order valence-corrected chi connectivity index (χ3v) is 3.96. The number of carboxylic acids is 1. The van der Waals surface area contributed by atoms with E-state index in [9.17, 15) is 18.7 Å². The zero-order valence-corrected chi connectivity index (χ0v) is 11.9. The number of rotatable bonds is 2. The zero-order valence-electron chi connectivity index (χ0n) is 11.9. The molecule has 1 fully saturated rings. The summed E-state index contributed by atoms with van der Waals surface area (Å²) in [5.41, 5.74) is 0.393. The third-order valence-electron chi connectivity index (χ3n) is 3.96. The molecule has 1 saturated heterocycles. The summed E-state index contributed by atoms with van der Waals surface area (Å²) in [4.78, 5) is 13.5. The molecule has 1 N–H and O–H groups in total. The first-order valence-corrected chi connectivity index (χ1v) is 6.63. The van der Waals surface area contributed by atoms with Gasteiger partial charge in [-0.3, -0.25) is 9.69 Å². The molecule has 1 heterocycles. The van der Waals surface area contributed by atoms with Gasteiger partial charge in [0.1, 0.15) is 0 Å². The molecule has 110 valence electrons. The first kappa shape index (κ1) is 14.9. The Morgan fingerprint density at radius 1 is 1.25 bits per heavy atom. The second kappa shape index (κ2) is 5.13. The summed E-state index contributed by atoms with van der Waals surface area (Å²) in [6, 6.07) is 3.65. The average Bonchev–Trinajstić information content (AvgIpc) is 2.77. The summed E-state index contributed by atoms with van der Waals surface area (Å²) in [7, 11) is 0. The molecule has 5 heteroatoms. The number of benzene rings is 1. The smallest absolute Gasteiger partial charge is 0.308 e. The topological polar surface area (TPSA) is 40.5 Å². The number of carboxylic acid groups (broad SMARTS) is 1. The Morgan fingerprint density at radius 3 is 2.40 bits per heavy atom. The van der Waals surface area contributed by atoms with Crippen LogP contribution in [0, 0.1) is 17.6 Å². The van der Waals surface area contributed by atoms with Crippen molar-refractivity contribution in [1.29, 1.82) is 0 Å². The van der Waals surface area contributed by atoms with Crippen LogP contribution in [0.25, 0.3) is 0 Å². The SMILES string of the molecule is CC(C)(C)N1C[C@H](C(=O)O)[C@@H](c2ccc(F)c(F)c2)C1. The van der Waals surface area contributed by atoms with Crippen LogP contribution in [0.2, 0.25) is 0 Å². The average molecular weight is 283 g/mol. The molecule has 0 unspecified atom stereocenters. The summed E-state index contributed by atoms with van der Waals surface area (Å²) in [5, 5.41) is 9.36. The van der Waals surface area contributed by atoms with Crippen LogP contribution in [0.4, 0.5) is 8.78 Å². The minimum Gasteiger partial charge on any atom is -0.481 e. The summed E-state index contributed by atoms with van der Waals surface area (Å²) >= 11 is 0. The molecule has 20 heavy (non-hydrogen) atoms. The second-order valence-corrected chi connectivity index (χ2v) is 6.30. The van der Waals surface area contributed by atoms with E-state index in [0.717, 1.165) is 12.1 Å². The van der Waals surface area contributed by atoms with Gasteiger partial charge in [0.15, 0.2) is 11.6 Å². The van der Waals surface area contributed by atoms with Crippen LogP contribution in [0.15, 0.2) is 18.2 Å². The Morgan fingerprint density at radius 2 is 1.90 bits per heavy atom. The lowest BCUT2D eigenvalue weighted by atomic mass is 9.89. The zero-order chi connectivity index (χ0) is 15.1. The maximum Gasteiger partial charge on any atom is 0.308 e. The lowest BCUT2D eigenvalue weighted by Crippen LogP contribution is -2.40. The van der Waals surface area contributed by atoms with E-state index in [1.54, 1.807) is 0 Å². The lowest BCUT2D eigenvalue weighted by Gasteiger charge is -2.31. The van der Waals surface area contributed by atoms with E-state index >= 15 is 0 Å². The van der Waals surface area contributed by atoms with Gasteiger partial charge in [0.25, 0.3) is 0 Å². The Bertz CT molecular complexity index is 525. The molecule has 0 saturated carbocycles. The fraction of sp³-hybridized carbons (Fsp3) is 0.533. The van der Waals surface area contributed by atoms with Crippen molar-refractivity contribution in [1.82, 2.24) is 4.90 Å². The molecule has 1 aromatic rings. The Balaban J connectivity index is 2.32. The van der Waals surface area contributed by atoms with Crippen LogP contribution in [0.1, 0.15) is 32.3 Å². The van der Waals surface area contributed by atoms with Gasteiger partial charge in [0, 0.05) is 24.5 Å². The first-order chi connectivity index (χ1) is 9.20.